The zero-order chi connectivity index (χ0) is 20.5. The minimum absolute atomic E-state index is 0.279. The molecule has 150 valence electrons. The molecule has 0 bridgehead atoms. The molecule has 0 amide bonds. The number of hydrogen-bond acceptors (Lipinski definition) is 7. The molecule has 0 atom stereocenters. The lowest BCUT2D eigenvalue weighted by Crippen LogP contribution is -2.32. The summed E-state index contributed by atoms with van der Waals surface area (Å²) in [4.78, 5) is 44.0. The molecule has 1 aliphatic heterocycles. The van der Waals surface area contributed by atoms with Crippen molar-refractivity contribution in [3.05, 3.63) is 34.4 Å². The van der Waals surface area contributed by atoms with Gasteiger partial charge in [-0.1, -0.05) is 0 Å². The summed E-state index contributed by atoms with van der Waals surface area (Å²) in [5.41, 5.74) is -0.621. The number of carbonyl (C=O) groups is 2. The number of nitrogens with zero attached hydrogens (tertiary/aromatic N) is 3. The number of aromatic nitrogens is 2. The molecule has 8 heteroatoms. The van der Waals surface area contributed by atoms with Crippen LogP contribution in [0.1, 0.15) is 50.5 Å². The molecule has 1 saturated heterocycles. The third kappa shape index (κ3) is 3.85. The van der Waals surface area contributed by atoms with Crippen molar-refractivity contribution in [3.63, 3.8) is 0 Å². The Hall–Kier alpha value is -2.90. The van der Waals surface area contributed by atoms with Crippen LogP contribution in [-0.2, 0) is 9.53 Å². The van der Waals surface area contributed by atoms with E-state index >= 15 is 0 Å². The summed E-state index contributed by atoms with van der Waals surface area (Å²) in [6.07, 6.45) is 5.06. The van der Waals surface area contributed by atoms with Crippen LogP contribution in [0.3, 0.4) is 0 Å². The zero-order valence-electron chi connectivity index (χ0n) is 16.7. The highest BCUT2D eigenvalue weighted by Gasteiger charge is 2.29. The van der Waals surface area contributed by atoms with Crippen LogP contribution in [0.4, 0.5) is 5.69 Å². The van der Waals surface area contributed by atoms with Gasteiger partial charge in [0.25, 0.3) is 0 Å². The van der Waals surface area contributed by atoms with Gasteiger partial charge in [-0.3, -0.25) is 14.0 Å². The predicted octanol–water partition coefficient (Wildman–Crippen LogP) is 2.42. The summed E-state index contributed by atoms with van der Waals surface area (Å²) in [6, 6.07) is 3.54. The molecule has 0 radical (unpaired) electrons. The lowest BCUT2D eigenvalue weighted by atomic mass is 9.97. The van der Waals surface area contributed by atoms with Crippen molar-refractivity contribution in [2.24, 2.45) is 5.41 Å². The fraction of sp³-hybridized carbons (Fsp3) is 0.500. The Bertz CT molecular complexity index is 968. The number of piperidine rings is 1. The van der Waals surface area contributed by atoms with Gasteiger partial charge in [-0.15, -0.1) is 0 Å². The zero-order valence-corrected chi connectivity index (χ0v) is 16.7. The molecule has 0 spiro atoms. The Labute approximate surface area is 163 Å². The first kappa shape index (κ1) is 19.9. The van der Waals surface area contributed by atoms with E-state index in [0.29, 0.717) is 0 Å². The van der Waals surface area contributed by atoms with Crippen molar-refractivity contribution in [2.75, 3.05) is 25.1 Å². The van der Waals surface area contributed by atoms with E-state index in [-0.39, 0.29) is 11.3 Å². The van der Waals surface area contributed by atoms with Gasteiger partial charge in [0.1, 0.15) is 5.65 Å². The van der Waals surface area contributed by atoms with Crippen LogP contribution in [-0.4, -0.2) is 41.5 Å². The van der Waals surface area contributed by atoms with Gasteiger partial charge in [-0.25, -0.2) is 9.78 Å². The normalized spacial score (nSPS) is 14.8. The molecule has 0 N–H and O–H groups in total. The highest BCUT2D eigenvalue weighted by molar-refractivity contribution is 5.92. The Morgan fingerprint density at radius 1 is 1.11 bits per heavy atom. The fourth-order valence-corrected chi connectivity index (χ4v) is 3.02. The van der Waals surface area contributed by atoms with Crippen molar-refractivity contribution in [2.45, 2.75) is 40.0 Å². The lowest BCUT2D eigenvalue weighted by Gasteiger charge is -2.28. The van der Waals surface area contributed by atoms with E-state index in [9.17, 15) is 14.4 Å². The Morgan fingerprint density at radius 3 is 2.39 bits per heavy atom. The minimum atomic E-state index is -0.852. The van der Waals surface area contributed by atoms with Crippen molar-refractivity contribution in [3.8, 4) is 5.75 Å². The SMILES string of the molecule is COC(=O)c1nc2ccc(N3CCCCC3)cn2c(=O)c1OC(=O)C(C)(C)C. The van der Waals surface area contributed by atoms with Crippen LogP contribution in [0, 0.1) is 5.41 Å². The number of fused-ring (bicyclic) bond motifs is 1. The number of esters is 2. The number of methoxy groups -OCH3 is 1. The summed E-state index contributed by atoms with van der Waals surface area (Å²) < 4.78 is 11.3. The number of carbonyl (C=O) groups excluding carboxylic acids is 2. The molecular weight excluding hydrogens is 362 g/mol. The molecule has 3 rings (SSSR count). The Morgan fingerprint density at radius 2 is 1.79 bits per heavy atom. The smallest absolute Gasteiger partial charge is 0.360 e. The first-order chi connectivity index (χ1) is 13.2. The molecule has 0 aliphatic carbocycles. The lowest BCUT2D eigenvalue weighted by molar-refractivity contribution is -0.143. The second-order valence-corrected chi connectivity index (χ2v) is 7.89. The maximum absolute atomic E-state index is 13.1. The van der Waals surface area contributed by atoms with Gasteiger partial charge < -0.3 is 14.4 Å². The quantitative estimate of drug-likeness (QED) is 0.747. The van der Waals surface area contributed by atoms with E-state index in [1.54, 1.807) is 33.0 Å². The molecule has 0 unspecified atom stereocenters. The van der Waals surface area contributed by atoms with Gasteiger partial charge in [0.15, 0.2) is 5.69 Å². The van der Waals surface area contributed by atoms with Gasteiger partial charge in [-0.05, 0) is 52.2 Å². The monoisotopic (exact) mass is 387 g/mol. The van der Waals surface area contributed by atoms with Crippen molar-refractivity contribution in [1.29, 1.82) is 0 Å². The van der Waals surface area contributed by atoms with E-state index in [4.69, 9.17) is 9.47 Å². The van der Waals surface area contributed by atoms with Gasteiger partial charge in [0, 0.05) is 19.3 Å². The van der Waals surface area contributed by atoms with Crippen LogP contribution in [0.15, 0.2) is 23.1 Å². The molecule has 0 saturated carbocycles. The van der Waals surface area contributed by atoms with E-state index in [1.807, 2.05) is 6.07 Å². The minimum Gasteiger partial charge on any atom is -0.464 e. The average molecular weight is 387 g/mol. The Balaban J connectivity index is 2.14. The van der Waals surface area contributed by atoms with Crippen molar-refractivity contribution >= 4 is 23.3 Å². The number of rotatable bonds is 3. The topological polar surface area (TPSA) is 90.2 Å². The molecular formula is C20H25N3O5. The van der Waals surface area contributed by atoms with Gasteiger partial charge in [0.2, 0.25) is 5.75 Å². The van der Waals surface area contributed by atoms with Crippen molar-refractivity contribution in [1.82, 2.24) is 9.38 Å². The second kappa shape index (κ2) is 7.61. The maximum Gasteiger partial charge on any atom is 0.360 e. The molecule has 3 heterocycles. The fourth-order valence-electron chi connectivity index (χ4n) is 3.02. The number of pyridine rings is 1. The van der Waals surface area contributed by atoms with E-state index in [1.165, 1.54) is 17.9 Å². The standard InChI is InChI=1S/C20H25N3O5/c1-20(2,3)19(26)28-16-15(18(25)27-4)21-14-9-8-13(12-23(14)17(16)24)22-10-6-5-7-11-22/h8-9,12H,5-7,10-11H2,1-4H3. The second-order valence-electron chi connectivity index (χ2n) is 7.89. The molecule has 28 heavy (non-hydrogen) atoms. The van der Waals surface area contributed by atoms with Gasteiger partial charge >= 0.3 is 17.5 Å². The van der Waals surface area contributed by atoms with Gasteiger partial charge in [0.05, 0.1) is 18.2 Å². The van der Waals surface area contributed by atoms with Crippen LogP contribution in [0.2, 0.25) is 0 Å². The summed E-state index contributed by atoms with van der Waals surface area (Å²) >= 11 is 0. The molecule has 8 nitrogen and oxygen atoms in total. The van der Waals surface area contributed by atoms with Crippen LogP contribution < -0.4 is 15.2 Å². The number of hydrogen-bond donors (Lipinski definition) is 0. The highest BCUT2D eigenvalue weighted by Crippen LogP contribution is 2.23. The molecule has 0 aromatic carbocycles. The molecule has 2 aromatic heterocycles. The first-order valence-electron chi connectivity index (χ1n) is 9.34. The summed E-state index contributed by atoms with van der Waals surface area (Å²) in [6.45, 7) is 6.81. The van der Waals surface area contributed by atoms with E-state index in [0.717, 1.165) is 31.6 Å². The first-order valence-corrected chi connectivity index (χ1v) is 9.34. The summed E-state index contributed by atoms with van der Waals surface area (Å²) in [7, 11) is 1.18. The number of anilines is 1. The summed E-state index contributed by atoms with van der Waals surface area (Å²) in [5, 5.41) is 0. The predicted molar refractivity (Wildman–Crippen MR) is 104 cm³/mol. The third-order valence-electron chi connectivity index (χ3n) is 4.67. The molecule has 2 aromatic rings. The molecule has 1 aliphatic rings. The van der Waals surface area contributed by atoms with Crippen LogP contribution in [0.5, 0.6) is 5.75 Å². The third-order valence-corrected chi connectivity index (χ3v) is 4.67. The highest BCUT2D eigenvalue weighted by atomic mass is 16.5. The van der Waals surface area contributed by atoms with Crippen LogP contribution in [0.25, 0.3) is 5.65 Å². The average Bonchev–Trinajstić information content (AvgIpc) is 2.69. The van der Waals surface area contributed by atoms with E-state index < -0.39 is 28.7 Å². The van der Waals surface area contributed by atoms with E-state index in [2.05, 4.69) is 9.88 Å². The van der Waals surface area contributed by atoms with Crippen molar-refractivity contribution < 1.29 is 19.1 Å². The number of ether oxygens (including phenoxy) is 2. The van der Waals surface area contributed by atoms with Gasteiger partial charge in [-0.2, -0.15) is 0 Å². The summed E-state index contributed by atoms with van der Waals surface area (Å²) in [5.74, 6) is -1.89. The largest absolute Gasteiger partial charge is 0.464 e. The molecule has 1 fully saturated rings. The maximum atomic E-state index is 13.1. The Kier molecular flexibility index (Phi) is 5.40. The van der Waals surface area contributed by atoms with Crippen LogP contribution >= 0.6 is 0 Å².